The summed E-state index contributed by atoms with van der Waals surface area (Å²) in [6.45, 7) is 4.62. The summed E-state index contributed by atoms with van der Waals surface area (Å²) in [5.41, 5.74) is 0.848. The van der Waals surface area contributed by atoms with Crippen LogP contribution in [0.3, 0.4) is 0 Å². The third-order valence-corrected chi connectivity index (χ3v) is 4.05. The first kappa shape index (κ1) is 15.5. The summed E-state index contributed by atoms with van der Waals surface area (Å²) in [6.07, 6.45) is 4.39. The number of carbonyl (C=O) groups excluding carboxylic acids is 2. The van der Waals surface area contributed by atoms with Gasteiger partial charge >= 0.3 is 0 Å². The molecule has 1 heterocycles. The van der Waals surface area contributed by atoms with E-state index < -0.39 is 6.04 Å². The fourth-order valence-electron chi connectivity index (χ4n) is 2.71. The van der Waals surface area contributed by atoms with E-state index in [9.17, 15) is 9.59 Å². The van der Waals surface area contributed by atoms with Crippen LogP contribution in [0.25, 0.3) is 0 Å². The number of benzene rings is 1. The van der Waals surface area contributed by atoms with Crippen molar-refractivity contribution >= 4 is 11.8 Å². The van der Waals surface area contributed by atoms with Crippen LogP contribution in [0.1, 0.15) is 51.1 Å². The lowest BCUT2D eigenvalue weighted by Crippen LogP contribution is -2.58. The van der Waals surface area contributed by atoms with Crippen molar-refractivity contribution in [3.05, 3.63) is 35.9 Å². The quantitative estimate of drug-likeness (QED) is 0.818. The maximum atomic E-state index is 12.7. The number of unbranched alkanes of at least 4 members (excludes halogenated alkanes) is 3. The number of piperazine rings is 1. The van der Waals surface area contributed by atoms with Crippen LogP contribution in [0.15, 0.2) is 30.3 Å². The highest BCUT2D eigenvalue weighted by molar-refractivity contribution is 5.97. The summed E-state index contributed by atoms with van der Waals surface area (Å²) in [7, 11) is 0. The van der Waals surface area contributed by atoms with Crippen LogP contribution < -0.4 is 5.32 Å². The molecule has 0 radical (unpaired) electrons. The molecule has 0 saturated carbocycles. The molecule has 0 spiro atoms. The topological polar surface area (TPSA) is 49.4 Å². The average Bonchev–Trinajstić information content (AvgIpc) is 2.51. The van der Waals surface area contributed by atoms with Crippen LogP contribution in [0.4, 0.5) is 0 Å². The molecule has 2 amide bonds. The molecular formula is C17H24N2O2. The molecule has 0 aliphatic carbocycles. The van der Waals surface area contributed by atoms with E-state index in [4.69, 9.17) is 0 Å². The SMILES string of the molecule is CCCCCCN1C(=O)C(c2ccccc2)NC(=O)C1C. The second kappa shape index (κ2) is 7.25. The first-order valence-electron chi connectivity index (χ1n) is 7.81. The van der Waals surface area contributed by atoms with Crippen molar-refractivity contribution in [2.24, 2.45) is 0 Å². The molecule has 2 unspecified atom stereocenters. The number of hydrogen-bond donors (Lipinski definition) is 1. The molecule has 0 bridgehead atoms. The Labute approximate surface area is 126 Å². The van der Waals surface area contributed by atoms with Gasteiger partial charge in [-0.05, 0) is 18.9 Å². The fourth-order valence-corrected chi connectivity index (χ4v) is 2.71. The zero-order valence-electron chi connectivity index (χ0n) is 12.8. The van der Waals surface area contributed by atoms with Gasteiger partial charge in [-0.3, -0.25) is 9.59 Å². The first-order chi connectivity index (χ1) is 10.1. The van der Waals surface area contributed by atoms with Gasteiger partial charge in [-0.1, -0.05) is 56.5 Å². The Bertz CT molecular complexity index is 487. The lowest BCUT2D eigenvalue weighted by atomic mass is 10.0. The van der Waals surface area contributed by atoms with E-state index in [2.05, 4.69) is 12.2 Å². The molecule has 1 aromatic carbocycles. The summed E-state index contributed by atoms with van der Waals surface area (Å²) in [6, 6.07) is 8.53. The molecule has 4 heteroatoms. The van der Waals surface area contributed by atoms with E-state index in [1.54, 1.807) is 11.8 Å². The molecule has 1 aliphatic rings. The smallest absolute Gasteiger partial charge is 0.250 e. The van der Waals surface area contributed by atoms with E-state index in [0.29, 0.717) is 6.54 Å². The zero-order chi connectivity index (χ0) is 15.2. The van der Waals surface area contributed by atoms with Crippen LogP contribution in [-0.4, -0.2) is 29.3 Å². The normalized spacial score (nSPS) is 22.3. The van der Waals surface area contributed by atoms with Crippen molar-refractivity contribution in [1.82, 2.24) is 10.2 Å². The minimum atomic E-state index is -0.541. The Morgan fingerprint density at radius 3 is 2.48 bits per heavy atom. The first-order valence-corrected chi connectivity index (χ1v) is 7.81. The van der Waals surface area contributed by atoms with Crippen molar-refractivity contribution in [3.8, 4) is 0 Å². The Hall–Kier alpha value is -1.84. The highest BCUT2D eigenvalue weighted by atomic mass is 16.2. The summed E-state index contributed by atoms with van der Waals surface area (Å²) >= 11 is 0. The Morgan fingerprint density at radius 1 is 1.10 bits per heavy atom. The summed E-state index contributed by atoms with van der Waals surface area (Å²) < 4.78 is 0. The average molecular weight is 288 g/mol. The van der Waals surface area contributed by atoms with Crippen molar-refractivity contribution < 1.29 is 9.59 Å². The molecule has 1 aromatic rings. The van der Waals surface area contributed by atoms with Gasteiger partial charge in [-0.15, -0.1) is 0 Å². The van der Waals surface area contributed by atoms with Crippen LogP contribution in [0, 0.1) is 0 Å². The van der Waals surface area contributed by atoms with E-state index in [-0.39, 0.29) is 17.9 Å². The molecule has 2 atom stereocenters. The molecule has 1 saturated heterocycles. The molecule has 114 valence electrons. The van der Waals surface area contributed by atoms with Gasteiger partial charge in [-0.2, -0.15) is 0 Å². The maximum Gasteiger partial charge on any atom is 0.250 e. The van der Waals surface area contributed by atoms with Gasteiger partial charge in [0.1, 0.15) is 12.1 Å². The summed E-state index contributed by atoms with van der Waals surface area (Å²) in [4.78, 5) is 26.5. The molecule has 0 aromatic heterocycles. The Kier molecular flexibility index (Phi) is 5.37. The predicted molar refractivity (Wildman–Crippen MR) is 82.6 cm³/mol. The molecule has 1 aliphatic heterocycles. The van der Waals surface area contributed by atoms with Crippen LogP contribution in [-0.2, 0) is 9.59 Å². The zero-order valence-corrected chi connectivity index (χ0v) is 12.8. The number of hydrogen-bond acceptors (Lipinski definition) is 2. The molecule has 1 N–H and O–H groups in total. The fraction of sp³-hybridized carbons (Fsp3) is 0.529. The van der Waals surface area contributed by atoms with Crippen molar-refractivity contribution in [3.63, 3.8) is 0 Å². The van der Waals surface area contributed by atoms with Crippen molar-refractivity contribution in [1.29, 1.82) is 0 Å². The van der Waals surface area contributed by atoms with Crippen molar-refractivity contribution in [2.45, 2.75) is 51.6 Å². The second-order valence-corrected chi connectivity index (χ2v) is 5.62. The number of nitrogens with one attached hydrogen (secondary N) is 1. The Balaban J connectivity index is 2.08. The third-order valence-electron chi connectivity index (χ3n) is 4.05. The highest BCUT2D eigenvalue weighted by Crippen LogP contribution is 2.22. The summed E-state index contributed by atoms with van der Waals surface area (Å²) in [5, 5.41) is 2.83. The van der Waals surface area contributed by atoms with Crippen LogP contribution in [0.5, 0.6) is 0 Å². The largest absolute Gasteiger partial charge is 0.339 e. The molecule has 2 rings (SSSR count). The highest BCUT2D eigenvalue weighted by Gasteiger charge is 2.38. The van der Waals surface area contributed by atoms with Gasteiger partial charge in [0, 0.05) is 6.54 Å². The van der Waals surface area contributed by atoms with Gasteiger partial charge in [0.2, 0.25) is 11.8 Å². The lowest BCUT2D eigenvalue weighted by Gasteiger charge is -2.37. The standard InChI is InChI=1S/C17H24N2O2/c1-3-4-5-9-12-19-13(2)16(20)18-15(17(19)21)14-10-7-6-8-11-14/h6-8,10-11,13,15H,3-5,9,12H2,1-2H3,(H,18,20). The third kappa shape index (κ3) is 3.63. The number of amides is 2. The monoisotopic (exact) mass is 288 g/mol. The Morgan fingerprint density at radius 2 is 1.81 bits per heavy atom. The van der Waals surface area contributed by atoms with E-state index in [1.807, 2.05) is 30.3 Å². The van der Waals surface area contributed by atoms with Gasteiger partial charge in [-0.25, -0.2) is 0 Å². The maximum absolute atomic E-state index is 12.7. The van der Waals surface area contributed by atoms with Crippen molar-refractivity contribution in [2.75, 3.05) is 6.54 Å². The second-order valence-electron chi connectivity index (χ2n) is 5.62. The van der Waals surface area contributed by atoms with E-state index in [1.165, 1.54) is 6.42 Å². The lowest BCUT2D eigenvalue weighted by molar-refractivity contribution is -0.148. The molecule has 4 nitrogen and oxygen atoms in total. The van der Waals surface area contributed by atoms with Crippen LogP contribution in [0.2, 0.25) is 0 Å². The van der Waals surface area contributed by atoms with Crippen LogP contribution >= 0.6 is 0 Å². The van der Waals surface area contributed by atoms with E-state index in [0.717, 1.165) is 24.8 Å². The summed E-state index contributed by atoms with van der Waals surface area (Å²) in [5.74, 6) is -0.0660. The van der Waals surface area contributed by atoms with E-state index >= 15 is 0 Å². The van der Waals surface area contributed by atoms with Gasteiger partial charge < -0.3 is 10.2 Å². The van der Waals surface area contributed by atoms with Gasteiger partial charge in [0.05, 0.1) is 0 Å². The number of carbonyl (C=O) groups is 2. The molecule has 1 fully saturated rings. The van der Waals surface area contributed by atoms with Gasteiger partial charge in [0.25, 0.3) is 0 Å². The predicted octanol–water partition coefficient (Wildman–Crippen LogP) is 2.65. The molecule has 21 heavy (non-hydrogen) atoms. The molecular weight excluding hydrogens is 264 g/mol. The minimum absolute atomic E-state index is 0.00444. The minimum Gasteiger partial charge on any atom is -0.339 e. The number of nitrogens with zero attached hydrogens (tertiary/aromatic N) is 1. The number of rotatable bonds is 6. The van der Waals surface area contributed by atoms with Gasteiger partial charge in [0.15, 0.2) is 0 Å².